The largest absolute Gasteiger partial charge is 0.420 e. The monoisotopic (exact) mass is 247 g/mol. The van der Waals surface area contributed by atoms with Crippen molar-refractivity contribution in [2.45, 2.75) is 26.2 Å². The molecule has 0 radical (unpaired) electrons. The molecule has 6 nitrogen and oxygen atoms in total. The fourth-order valence-corrected chi connectivity index (χ4v) is 1.37. The van der Waals surface area contributed by atoms with Gasteiger partial charge in [0.15, 0.2) is 0 Å². The maximum Gasteiger partial charge on any atom is 0.269 e. The van der Waals surface area contributed by atoms with Crippen LogP contribution in [0.1, 0.15) is 26.7 Å². The Hall–Kier alpha value is -2.24. The van der Waals surface area contributed by atoms with E-state index in [0.717, 1.165) is 0 Å². The number of aromatic nitrogens is 2. The number of nitro groups is 1. The van der Waals surface area contributed by atoms with Crippen LogP contribution >= 0.6 is 0 Å². The summed E-state index contributed by atoms with van der Waals surface area (Å²) in [4.78, 5) is 10.1. The van der Waals surface area contributed by atoms with Crippen LogP contribution in [0, 0.1) is 10.1 Å². The maximum atomic E-state index is 10.5. The molecule has 0 amide bonds. The molecule has 94 valence electrons. The molecular formula is C12H13N3O3. The second-order valence-electron chi connectivity index (χ2n) is 4.97. The lowest BCUT2D eigenvalue weighted by atomic mass is 9.97. The van der Waals surface area contributed by atoms with Crippen LogP contribution in [0.2, 0.25) is 0 Å². The van der Waals surface area contributed by atoms with Crippen LogP contribution < -0.4 is 0 Å². The van der Waals surface area contributed by atoms with Crippen LogP contribution in [-0.4, -0.2) is 15.1 Å². The van der Waals surface area contributed by atoms with Crippen LogP contribution in [-0.2, 0) is 5.41 Å². The smallest absolute Gasteiger partial charge is 0.269 e. The summed E-state index contributed by atoms with van der Waals surface area (Å²) in [7, 11) is 0. The van der Waals surface area contributed by atoms with Gasteiger partial charge in [0.25, 0.3) is 5.69 Å². The molecule has 1 heterocycles. The van der Waals surface area contributed by atoms with E-state index in [4.69, 9.17) is 4.42 Å². The molecule has 0 spiro atoms. The fourth-order valence-electron chi connectivity index (χ4n) is 1.37. The Morgan fingerprint density at radius 3 is 2.22 bits per heavy atom. The van der Waals surface area contributed by atoms with Crippen LogP contribution in [0.5, 0.6) is 0 Å². The molecule has 0 N–H and O–H groups in total. The number of nitro benzene ring substituents is 1. The molecule has 2 rings (SSSR count). The Bertz CT molecular complexity index is 567. The molecule has 1 aromatic heterocycles. The fraction of sp³-hybridized carbons (Fsp3) is 0.333. The molecule has 0 bridgehead atoms. The lowest BCUT2D eigenvalue weighted by Gasteiger charge is -2.10. The molecule has 0 aliphatic rings. The first kappa shape index (κ1) is 12.2. The standard InChI is InChI=1S/C12H13N3O3/c1-12(2,3)11-14-13-10(18-11)8-4-6-9(7-5-8)15(16)17/h4-7H,1-3H3. The predicted octanol–water partition coefficient (Wildman–Crippen LogP) is 2.94. The molecule has 18 heavy (non-hydrogen) atoms. The van der Waals surface area contributed by atoms with E-state index in [1.54, 1.807) is 12.1 Å². The average Bonchev–Trinajstić information content (AvgIpc) is 2.78. The van der Waals surface area contributed by atoms with Crippen molar-refractivity contribution in [3.63, 3.8) is 0 Å². The minimum Gasteiger partial charge on any atom is -0.420 e. The lowest BCUT2D eigenvalue weighted by molar-refractivity contribution is -0.384. The number of hydrogen-bond acceptors (Lipinski definition) is 5. The lowest BCUT2D eigenvalue weighted by Crippen LogP contribution is -2.11. The van der Waals surface area contributed by atoms with Gasteiger partial charge >= 0.3 is 0 Å². The highest BCUT2D eigenvalue weighted by atomic mass is 16.6. The Morgan fingerprint density at radius 2 is 1.78 bits per heavy atom. The zero-order valence-electron chi connectivity index (χ0n) is 10.4. The topological polar surface area (TPSA) is 82.1 Å². The zero-order chi connectivity index (χ0) is 13.3. The normalized spacial score (nSPS) is 11.5. The van der Waals surface area contributed by atoms with E-state index in [2.05, 4.69) is 10.2 Å². The third-order valence-electron chi connectivity index (χ3n) is 2.39. The third-order valence-corrected chi connectivity index (χ3v) is 2.39. The second kappa shape index (κ2) is 4.21. The summed E-state index contributed by atoms with van der Waals surface area (Å²) >= 11 is 0. The second-order valence-corrected chi connectivity index (χ2v) is 4.97. The third kappa shape index (κ3) is 2.37. The van der Waals surface area contributed by atoms with Crippen molar-refractivity contribution in [1.29, 1.82) is 0 Å². The van der Waals surface area contributed by atoms with E-state index < -0.39 is 4.92 Å². The number of nitrogens with zero attached hydrogens (tertiary/aromatic N) is 3. The van der Waals surface area contributed by atoms with Gasteiger partial charge in [0.1, 0.15) is 0 Å². The number of non-ortho nitro benzene ring substituents is 1. The van der Waals surface area contributed by atoms with Crippen molar-refractivity contribution in [1.82, 2.24) is 10.2 Å². The molecule has 0 fully saturated rings. The minimum absolute atomic E-state index is 0.0364. The van der Waals surface area contributed by atoms with E-state index in [0.29, 0.717) is 17.3 Å². The Balaban J connectivity index is 2.32. The minimum atomic E-state index is -0.446. The van der Waals surface area contributed by atoms with E-state index in [1.165, 1.54) is 12.1 Å². The van der Waals surface area contributed by atoms with Crippen molar-refractivity contribution in [3.05, 3.63) is 40.3 Å². The van der Waals surface area contributed by atoms with Crippen molar-refractivity contribution in [3.8, 4) is 11.5 Å². The van der Waals surface area contributed by atoms with Gasteiger partial charge in [-0.2, -0.15) is 0 Å². The molecule has 1 aromatic carbocycles. The molecule has 2 aromatic rings. The number of rotatable bonds is 2. The predicted molar refractivity (Wildman–Crippen MR) is 65.1 cm³/mol. The Kier molecular flexibility index (Phi) is 2.86. The van der Waals surface area contributed by atoms with E-state index >= 15 is 0 Å². The highest BCUT2D eigenvalue weighted by Crippen LogP contribution is 2.26. The zero-order valence-corrected chi connectivity index (χ0v) is 10.4. The van der Waals surface area contributed by atoms with Crippen molar-refractivity contribution >= 4 is 5.69 Å². The molecule has 0 unspecified atom stereocenters. The Morgan fingerprint density at radius 1 is 1.17 bits per heavy atom. The molecule has 0 saturated heterocycles. The van der Waals surface area contributed by atoms with Gasteiger partial charge in [-0.3, -0.25) is 10.1 Å². The van der Waals surface area contributed by atoms with Gasteiger partial charge in [0.05, 0.1) is 4.92 Å². The van der Waals surface area contributed by atoms with Crippen molar-refractivity contribution in [2.24, 2.45) is 0 Å². The summed E-state index contributed by atoms with van der Waals surface area (Å²) in [5.41, 5.74) is 0.490. The van der Waals surface area contributed by atoms with Crippen molar-refractivity contribution < 1.29 is 9.34 Å². The quantitative estimate of drug-likeness (QED) is 0.601. The van der Waals surface area contributed by atoms with Gasteiger partial charge < -0.3 is 4.42 Å². The Labute approximate surface area is 104 Å². The van der Waals surface area contributed by atoms with Crippen LogP contribution in [0.15, 0.2) is 28.7 Å². The SMILES string of the molecule is CC(C)(C)c1nnc(-c2ccc([N+](=O)[O-])cc2)o1. The van der Waals surface area contributed by atoms with E-state index in [1.807, 2.05) is 20.8 Å². The molecule has 0 aliphatic carbocycles. The average molecular weight is 247 g/mol. The number of hydrogen-bond donors (Lipinski definition) is 0. The summed E-state index contributed by atoms with van der Waals surface area (Å²) < 4.78 is 5.54. The summed E-state index contributed by atoms with van der Waals surface area (Å²) in [5.74, 6) is 0.908. The molecule has 0 aliphatic heterocycles. The molecule has 6 heteroatoms. The first-order valence-corrected chi connectivity index (χ1v) is 5.47. The highest BCUT2D eigenvalue weighted by molar-refractivity contribution is 5.55. The molecule has 0 atom stereocenters. The first-order chi connectivity index (χ1) is 8.38. The van der Waals surface area contributed by atoms with Gasteiger partial charge in [-0.05, 0) is 12.1 Å². The van der Waals surface area contributed by atoms with Crippen LogP contribution in [0.25, 0.3) is 11.5 Å². The summed E-state index contributed by atoms with van der Waals surface area (Å²) in [6, 6.07) is 6.02. The highest BCUT2D eigenvalue weighted by Gasteiger charge is 2.22. The van der Waals surface area contributed by atoms with Crippen molar-refractivity contribution in [2.75, 3.05) is 0 Å². The first-order valence-electron chi connectivity index (χ1n) is 5.47. The molecule has 0 saturated carbocycles. The van der Waals surface area contributed by atoms with E-state index in [-0.39, 0.29) is 11.1 Å². The van der Waals surface area contributed by atoms with Gasteiger partial charge in [-0.1, -0.05) is 20.8 Å². The van der Waals surface area contributed by atoms with Crippen LogP contribution in [0.4, 0.5) is 5.69 Å². The maximum absolute atomic E-state index is 10.5. The van der Waals surface area contributed by atoms with Gasteiger partial charge in [-0.15, -0.1) is 10.2 Å². The van der Waals surface area contributed by atoms with E-state index in [9.17, 15) is 10.1 Å². The molecular weight excluding hydrogens is 234 g/mol. The summed E-state index contributed by atoms with van der Waals surface area (Å²) in [6.07, 6.45) is 0. The van der Waals surface area contributed by atoms with Crippen LogP contribution in [0.3, 0.4) is 0 Å². The summed E-state index contributed by atoms with van der Waals surface area (Å²) in [5, 5.41) is 18.5. The van der Waals surface area contributed by atoms with Gasteiger partial charge in [0, 0.05) is 23.1 Å². The summed E-state index contributed by atoms with van der Waals surface area (Å²) in [6.45, 7) is 5.92. The van der Waals surface area contributed by atoms with Gasteiger partial charge in [-0.25, -0.2) is 0 Å². The number of benzene rings is 1. The van der Waals surface area contributed by atoms with Gasteiger partial charge in [0.2, 0.25) is 11.8 Å².